The Morgan fingerprint density at radius 3 is 2.80 bits per heavy atom. The maximum Gasteiger partial charge on any atom is 0.130 e. The Morgan fingerprint density at radius 2 is 2.13 bits per heavy atom. The zero-order chi connectivity index (χ0) is 11.1. The molecule has 0 aliphatic rings. The normalized spacial score (nSPS) is 10.3. The van der Waals surface area contributed by atoms with Gasteiger partial charge in [0.15, 0.2) is 0 Å². The summed E-state index contributed by atoms with van der Waals surface area (Å²) in [4.78, 5) is 8.65. The summed E-state index contributed by atoms with van der Waals surface area (Å²) in [5.41, 5.74) is 0. The topological polar surface area (TPSA) is 37.8 Å². The molecule has 0 amide bonds. The second-order valence-electron chi connectivity index (χ2n) is 3.44. The fourth-order valence-corrected chi connectivity index (χ4v) is 2.22. The van der Waals surface area contributed by atoms with E-state index in [4.69, 9.17) is 0 Å². The third-order valence-electron chi connectivity index (χ3n) is 2.07. The van der Waals surface area contributed by atoms with Gasteiger partial charge < -0.3 is 5.32 Å². The molecule has 0 atom stereocenters. The number of nitrogens with one attached hydrogen (secondary N) is 1. The maximum atomic E-state index is 4.39. The highest BCUT2D eigenvalue weighted by Crippen LogP contribution is 2.19. The monoisotopic (exact) mass is 225 g/mol. The number of hydrogen-bond donors (Lipinski definition) is 1. The fraction of sp³-hybridized carbons (Fsp3) is 0.636. The summed E-state index contributed by atoms with van der Waals surface area (Å²) in [6.07, 6.45) is 3.83. The minimum atomic E-state index is 0.833. The first-order valence-electron chi connectivity index (χ1n) is 5.42. The van der Waals surface area contributed by atoms with Crippen molar-refractivity contribution in [2.24, 2.45) is 0 Å². The van der Waals surface area contributed by atoms with Gasteiger partial charge in [-0.2, -0.15) is 0 Å². The zero-order valence-corrected chi connectivity index (χ0v) is 10.5. The molecule has 1 N–H and O–H groups in total. The highest BCUT2D eigenvalue weighted by atomic mass is 32.2. The lowest BCUT2D eigenvalue weighted by Gasteiger charge is -2.04. The Hall–Kier alpha value is -0.770. The van der Waals surface area contributed by atoms with Crippen LogP contribution < -0.4 is 5.32 Å². The van der Waals surface area contributed by atoms with Crippen molar-refractivity contribution in [3.63, 3.8) is 0 Å². The van der Waals surface area contributed by atoms with Crippen molar-refractivity contribution in [2.75, 3.05) is 18.1 Å². The van der Waals surface area contributed by atoms with Crippen molar-refractivity contribution in [3.8, 4) is 0 Å². The van der Waals surface area contributed by atoms with Crippen molar-refractivity contribution in [2.45, 2.75) is 38.1 Å². The van der Waals surface area contributed by atoms with Crippen LogP contribution in [0.2, 0.25) is 0 Å². The number of hydrogen-bond acceptors (Lipinski definition) is 4. The van der Waals surface area contributed by atoms with Gasteiger partial charge in [-0.1, -0.05) is 19.8 Å². The minimum absolute atomic E-state index is 0.833. The molecule has 0 saturated carbocycles. The SMILES string of the molecule is CCCCCSc1cc(NC)nc(C)n1. The van der Waals surface area contributed by atoms with E-state index in [0.29, 0.717) is 0 Å². The van der Waals surface area contributed by atoms with E-state index in [1.165, 1.54) is 19.3 Å². The van der Waals surface area contributed by atoms with Crippen molar-refractivity contribution in [3.05, 3.63) is 11.9 Å². The van der Waals surface area contributed by atoms with Gasteiger partial charge >= 0.3 is 0 Å². The summed E-state index contributed by atoms with van der Waals surface area (Å²) in [5, 5.41) is 4.12. The smallest absolute Gasteiger partial charge is 0.130 e. The Labute approximate surface area is 96.1 Å². The van der Waals surface area contributed by atoms with Gasteiger partial charge in [0.1, 0.15) is 16.7 Å². The van der Waals surface area contributed by atoms with Gasteiger partial charge in [0.2, 0.25) is 0 Å². The average molecular weight is 225 g/mol. The van der Waals surface area contributed by atoms with Gasteiger partial charge in [-0.15, -0.1) is 11.8 Å². The predicted octanol–water partition coefficient (Wildman–Crippen LogP) is 3.11. The molecule has 1 rings (SSSR count). The number of unbranched alkanes of at least 4 members (excludes halogenated alkanes) is 2. The van der Waals surface area contributed by atoms with Crippen LogP contribution in [0.25, 0.3) is 0 Å². The third kappa shape index (κ3) is 4.51. The standard InChI is InChI=1S/C11H19N3S/c1-4-5-6-7-15-11-8-10(12-3)13-9(2)14-11/h8H,4-7H2,1-3H3,(H,12,13,14). The predicted molar refractivity (Wildman–Crippen MR) is 66.6 cm³/mol. The van der Waals surface area contributed by atoms with Crippen molar-refractivity contribution < 1.29 is 0 Å². The largest absolute Gasteiger partial charge is 0.373 e. The first-order chi connectivity index (χ1) is 7.26. The fourth-order valence-electron chi connectivity index (χ4n) is 1.27. The van der Waals surface area contributed by atoms with E-state index in [-0.39, 0.29) is 0 Å². The highest BCUT2D eigenvalue weighted by molar-refractivity contribution is 7.99. The molecule has 1 aromatic rings. The molecule has 0 saturated heterocycles. The minimum Gasteiger partial charge on any atom is -0.373 e. The van der Waals surface area contributed by atoms with Gasteiger partial charge in [0, 0.05) is 13.1 Å². The first-order valence-corrected chi connectivity index (χ1v) is 6.41. The lowest BCUT2D eigenvalue weighted by molar-refractivity contribution is 0.778. The summed E-state index contributed by atoms with van der Waals surface area (Å²) in [7, 11) is 1.88. The summed E-state index contributed by atoms with van der Waals surface area (Å²) in [5.74, 6) is 2.88. The van der Waals surface area contributed by atoms with E-state index in [1.807, 2.05) is 31.8 Å². The molecule has 0 radical (unpaired) electrons. The van der Waals surface area contributed by atoms with E-state index in [2.05, 4.69) is 22.2 Å². The molecule has 0 aliphatic carbocycles. The van der Waals surface area contributed by atoms with Crippen LogP contribution in [0.1, 0.15) is 32.0 Å². The van der Waals surface area contributed by atoms with Crippen LogP contribution in [0, 0.1) is 6.92 Å². The number of thioether (sulfide) groups is 1. The van der Waals surface area contributed by atoms with E-state index < -0.39 is 0 Å². The number of aromatic nitrogens is 2. The Bertz CT molecular complexity index is 302. The van der Waals surface area contributed by atoms with Gasteiger partial charge in [0.05, 0.1) is 0 Å². The summed E-state index contributed by atoms with van der Waals surface area (Å²) < 4.78 is 0. The number of aryl methyl sites for hydroxylation is 1. The Morgan fingerprint density at radius 1 is 1.33 bits per heavy atom. The summed E-state index contributed by atoms with van der Waals surface area (Å²) in [6, 6.07) is 2.00. The third-order valence-corrected chi connectivity index (χ3v) is 3.07. The van der Waals surface area contributed by atoms with Gasteiger partial charge in [-0.05, 0) is 19.1 Å². The van der Waals surface area contributed by atoms with Crippen LogP contribution in [-0.2, 0) is 0 Å². The van der Waals surface area contributed by atoms with Crippen LogP contribution >= 0.6 is 11.8 Å². The second kappa shape index (κ2) is 6.67. The van der Waals surface area contributed by atoms with Crippen molar-refractivity contribution >= 4 is 17.6 Å². The first kappa shape index (κ1) is 12.3. The zero-order valence-electron chi connectivity index (χ0n) is 9.71. The molecular formula is C11H19N3S. The highest BCUT2D eigenvalue weighted by Gasteiger charge is 2.00. The second-order valence-corrected chi connectivity index (χ2v) is 4.56. The number of nitrogens with zero attached hydrogens (tertiary/aromatic N) is 2. The van der Waals surface area contributed by atoms with Gasteiger partial charge in [0.25, 0.3) is 0 Å². The molecule has 84 valence electrons. The van der Waals surface area contributed by atoms with Crippen molar-refractivity contribution in [1.82, 2.24) is 9.97 Å². The van der Waals surface area contributed by atoms with Crippen LogP contribution in [-0.4, -0.2) is 22.8 Å². The molecule has 0 bridgehead atoms. The maximum absolute atomic E-state index is 4.39. The quantitative estimate of drug-likeness (QED) is 0.458. The van der Waals surface area contributed by atoms with Gasteiger partial charge in [-0.3, -0.25) is 0 Å². The molecule has 0 aliphatic heterocycles. The Kier molecular flexibility index (Phi) is 5.47. The van der Waals surface area contributed by atoms with Crippen LogP contribution in [0.3, 0.4) is 0 Å². The van der Waals surface area contributed by atoms with E-state index in [0.717, 1.165) is 22.4 Å². The molecule has 15 heavy (non-hydrogen) atoms. The van der Waals surface area contributed by atoms with Crippen LogP contribution in [0.4, 0.5) is 5.82 Å². The molecule has 4 heteroatoms. The molecule has 1 heterocycles. The summed E-state index contributed by atoms with van der Waals surface area (Å²) in [6.45, 7) is 4.15. The molecule has 1 aromatic heterocycles. The van der Waals surface area contributed by atoms with E-state index in [1.54, 1.807) is 0 Å². The molecular weight excluding hydrogens is 206 g/mol. The van der Waals surface area contributed by atoms with Crippen LogP contribution in [0.5, 0.6) is 0 Å². The van der Waals surface area contributed by atoms with Crippen LogP contribution in [0.15, 0.2) is 11.1 Å². The number of rotatable bonds is 6. The molecule has 0 aromatic carbocycles. The average Bonchev–Trinajstić information content (AvgIpc) is 2.23. The molecule has 0 spiro atoms. The lowest BCUT2D eigenvalue weighted by atomic mass is 10.3. The molecule has 0 fully saturated rings. The lowest BCUT2D eigenvalue weighted by Crippen LogP contribution is -1.97. The number of anilines is 1. The van der Waals surface area contributed by atoms with E-state index in [9.17, 15) is 0 Å². The molecule has 0 unspecified atom stereocenters. The van der Waals surface area contributed by atoms with Gasteiger partial charge in [-0.25, -0.2) is 9.97 Å². The Balaban J connectivity index is 2.49. The van der Waals surface area contributed by atoms with E-state index >= 15 is 0 Å². The molecule has 3 nitrogen and oxygen atoms in total. The summed E-state index contributed by atoms with van der Waals surface area (Å²) >= 11 is 1.81. The van der Waals surface area contributed by atoms with Crippen molar-refractivity contribution in [1.29, 1.82) is 0 Å².